The van der Waals surface area contributed by atoms with Crippen LogP contribution in [0.25, 0.3) is 0 Å². The largest absolute Gasteiger partial charge is 0.417 e. The molecule has 0 saturated heterocycles. The number of nitrogens with zero attached hydrogens (tertiary/aromatic N) is 2. The molecule has 0 N–H and O–H groups in total. The molecule has 0 unspecified atom stereocenters. The molecule has 0 aliphatic rings. The minimum atomic E-state index is -5.01. The van der Waals surface area contributed by atoms with E-state index in [0.717, 1.165) is 30.3 Å². The SMILES string of the molecule is O=[N+]([O-])c1ccccc1S(=O)(=O)OCc1c([N+](=O)[O-])cccc1C(F)(F)F. The van der Waals surface area contributed by atoms with E-state index < -0.39 is 60.1 Å². The lowest BCUT2D eigenvalue weighted by atomic mass is 10.1. The second-order valence-electron chi connectivity index (χ2n) is 5.00. The first-order valence-corrected chi connectivity index (χ1v) is 8.32. The van der Waals surface area contributed by atoms with Crippen LogP contribution in [0.2, 0.25) is 0 Å². The lowest BCUT2D eigenvalue weighted by Crippen LogP contribution is -2.15. The van der Waals surface area contributed by atoms with Crippen molar-refractivity contribution in [2.45, 2.75) is 17.7 Å². The number of alkyl halides is 3. The summed E-state index contributed by atoms with van der Waals surface area (Å²) in [5, 5.41) is 21.9. The van der Waals surface area contributed by atoms with Crippen LogP contribution in [0, 0.1) is 20.2 Å². The molecule has 13 heteroatoms. The summed E-state index contributed by atoms with van der Waals surface area (Å²) in [6.45, 7) is -1.33. The van der Waals surface area contributed by atoms with Gasteiger partial charge in [-0.2, -0.15) is 21.6 Å². The number of halogens is 3. The van der Waals surface area contributed by atoms with E-state index in [1.165, 1.54) is 6.07 Å². The molecule has 0 heterocycles. The fourth-order valence-corrected chi connectivity index (χ4v) is 3.23. The van der Waals surface area contributed by atoms with Gasteiger partial charge in [-0.3, -0.25) is 24.4 Å². The van der Waals surface area contributed by atoms with Crippen LogP contribution in [0.4, 0.5) is 24.5 Å². The van der Waals surface area contributed by atoms with E-state index in [2.05, 4.69) is 4.18 Å². The molecule has 0 saturated carbocycles. The molecule has 2 rings (SSSR count). The third-order valence-corrected chi connectivity index (χ3v) is 4.66. The summed E-state index contributed by atoms with van der Waals surface area (Å²) in [5.41, 5.74) is -4.31. The summed E-state index contributed by atoms with van der Waals surface area (Å²) < 4.78 is 68.1. The van der Waals surface area contributed by atoms with E-state index in [1.807, 2.05) is 0 Å². The van der Waals surface area contributed by atoms with Crippen molar-refractivity contribution in [3.8, 4) is 0 Å². The van der Waals surface area contributed by atoms with E-state index in [0.29, 0.717) is 6.07 Å². The summed E-state index contributed by atoms with van der Waals surface area (Å²) >= 11 is 0. The number of nitro benzene ring substituents is 2. The van der Waals surface area contributed by atoms with Gasteiger partial charge in [0.25, 0.3) is 11.4 Å². The van der Waals surface area contributed by atoms with Crippen LogP contribution in [-0.2, 0) is 27.1 Å². The van der Waals surface area contributed by atoms with Gasteiger partial charge in [-0.1, -0.05) is 18.2 Å². The topological polar surface area (TPSA) is 130 Å². The predicted octanol–water partition coefficient (Wildman–Crippen LogP) is 3.43. The number of rotatable bonds is 6. The molecule has 0 aliphatic heterocycles. The molecule has 0 radical (unpaired) electrons. The zero-order valence-electron chi connectivity index (χ0n) is 13.0. The highest BCUT2D eigenvalue weighted by Gasteiger charge is 2.37. The molecule has 0 bridgehead atoms. The van der Waals surface area contributed by atoms with Crippen molar-refractivity contribution in [3.63, 3.8) is 0 Å². The quantitative estimate of drug-likeness (QED) is 0.408. The van der Waals surface area contributed by atoms with Crippen molar-refractivity contribution in [3.05, 3.63) is 73.8 Å². The van der Waals surface area contributed by atoms with E-state index in [-0.39, 0.29) is 0 Å². The van der Waals surface area contributed by atoms with Crippen molar-refractivity contribution in [1.29, 1.82) is 0 Å². The molecule has 144 valence electrons. The van der Waals surface area contributed by atoms with E-state index in [1.54, 1.807) is 0 Å². The van der Waals surface area contributed by atoms with Gasteiger partial charge in [0.05, 0.1) is 27.6 Å². The second-order valence-corrected chi connectivity index (χ2v) is 6.58. The van der Waals surface area contributed by atoms with Gasteiger partial charge in [0.2, 0.25) is 0 Å². The maximum absolute atomic E-state index is 13.1. The molecule has 0 fully saturated rings. The zero-order valence-corrected chi connectivity index (χ0v) is 13.9. The predicted molar refractivity (Wildman–Crippen MR) is 83.2 cm³/mol. The Morgan fingerprint density at radius 3 is 2.04 bits per heavy atom. The molecule has 2 aromatic carbocycles. The fourth-order valence-electron chi connectivity index (χ4n) is 2.18. The van der Waals surface area contributed by atoms with Crippen LogP contribution < -0.4 is 0 Å². The summed E-state index contributed by atoms with van der Waals surface area (Å²) in [5.74, 6) is 0. The first kappa shape index (κ1) is 20.3. The van der Waals surface area contributed by atoms with E-state index in [4.69, 9.17) is 0 Å². The number of hydrogen-bond acceptors (Lipinski definition) is 7. The minimum absolute atomic E-state index is 0.531. The van der Waals surface area contributed by atoms with Gasteiger partial charge >= 0.3 is 16.3 Å². The van der Waals surface area contributed by atoms with Crippen LogP contribution in [0.5, 0.6) is 0 Å². The minimum Gasteiger partial charge on any atom is -0.261 e. The molecule has 0 aromatic heterocycles. The monoisotopic (exact) mass is 406 g/mol. The van der Waals surface area contributed by atoms with Gasteiger partial charge in [-0.15, -0.1) is 0 Å². The number of hydrogen-bond donors (Lipinski definition) is 0. The molecule has 27 heavy (non-hydrogen) atoms. The standard InChI is InChI=1S/C14H9F3N2O7S/c15-14(16,17)10-4-3-6-11(18(20)21)9(10)8-26-27(24,25)13-7-2-1-5-12(13)19(22)23/h1-7H,8H2. The molecule has 0 amide bonds. The number of benzene rings is 2. The Morgan fingerprint density at radius 1 is 0.926 bits per heavy atom. The van der Waals surface area contributed by atoms with Crippen LogP contribution in [0.3, 0.4) is 0 Å². The Hall–Kier alpha value is -3.06. The van der Waals surface area contributed by atoms with Crippen LogP contribution in [-0.4, -0.2) is 18.3 Å². The Labute approximate surface area is 149 Å². The van der Waals surface area contributed by atoms with Crippen molar-refractivity contribution in [2.75, 3.05) is 0 Å². The van der Waals surface area contributed by atoms with Gasteiger partial charge in [0, 0.05) is 12.1 Å². The lowest BCUT2D eigenvalue weighted by Gasteiger charge is -2.13. The first-order chi connectivity index (χ1) is 12.4. The zero-order chi connectivity index (χ0) is 20.4. The average molecular weight is 406 g/mol. The third-order valence-electron chi connectivity index (χ3n) is 3.34. The van der Waals surface area contributed by atoms with Gasteiger partial charge < -0.3 is 0 Å². The van der Waals surface area contributed by atoms with Crippen molar-refractivity contribution in [1.82, 2.24) is 0 Å². The summed E-state index contributed by atoms with van der Waals surface area (Å²) in [6.07, 6.45) is -5.01. The van der Waals surface area contributed by atoms with E-state index >= 15 is 0 Å². The van der Waals surface area contributed by atoms with Gasteiger partial charge in [0.15, 0.2) is 4.90 Å². The van der Waals surface area contributed by atoms with Crippen molar-refractivity contribution >= 4 is 21.5 Å². The molecular formula is C14H9F3N2O7S. The van der Waals surface area contributed by atoms with Crippen molar-refractivity contribution in [2.24, 2.45) is 0 Å². The summed E-state index contributed by atoms with van der Waals surface area (Å²) in [6, 6.07) is 6.10. The summed E-state index contributed by atoms with van der Waals surface area (Å²) in [4.78, 5) is 18.9. The smallest absolute Gasteiger partial charge is 0.261 e. The molecule has 0 atom stereocenters. The van der Waals surface area contributed by atoms with Crippen LogP contribution >= 0.6 is 0 Å². The molecule has 2 aromatic rings. The molecule has 0 spiro atoms. The van der Waals surface area contributed by atoms with Crippen LogP contribution in [0.1, 0.15) is 11.1 Å². The van der Waals surface area contributed by atoms with Gasteiger partial charge in [-0.25, -0.2) is 0 Å². The Kier molecular flexibility index (Phi) is 5.46. The van der Waals surface area contributed by atoms with Gasteiger partial charge in [-0.05, 0) is 12.1 Å². The van der Waals surface area contributed by atoms with Crippen LogP contribution in [0.15, 0.2) is 47.4 Å². The number of para-hydroxylation sites is 1. The van der Waals surface area contributed by atoms with Crippen molar-refractivity contribution < 1.29 is 35.6 Å². The molecule has 0 aliphatic carbocycles. The highest BCUT2D eigenvalue weighted by atomic mass is 32.2. The van der Waals surface area contributed by atoms with E-state index in [9.17, 15) is 41.8 Å². The fraction of sp³-hybridized carbons (Fsp3) is 0.143. The molecular weight excluding hydrogens is 397 g/mol. The first-order valence-electron chi connectivity index (χ1n) is 6.91. The average Bonchev–Trinajstić information content (AvgIpc) is 2.58. The third kappa shape index (κ3) is 4.38. The summed E-state index contributed by atoms with van der Waals surface area (Å²) in [7, 11) is -4.87. The lowest BCUT2D eigenvalue weighted by molar-refractivity contribution is -0.387. The Balaban J connectivity index is 2.48. The second kappa shape index (κ2) is 7.28. The molecule has 9 nitrogen and oxygen atoms in total. The highest BCUT2D eigenvalue weighted by molar-refractivity contribution is 7.86. The Bertz CT molecular complexity index is 1010. The number of nitro groups is 2. The van der Waals surface area contributed by atoms with Gasteiger partial charge in [0.1, 0.15) is 0 Å². The Morgan fingerprint density at radius 2 is 1.48 bits per heavy atom. The normalized spacial score (nSPS) is 12.0. The maximum Gasteiger partial charge on any atom is 0.417 e. The maximum atomic E-state index is 13.1. The highest BCUT2D eigenvalue weighted by Crippen LogP contribution is 2.37.